The molecule has 15 heteroatoms. The highest BCUT2D eigenvalue weighted by molar-refractivity contribution is 5.97. The van der Waals surface area contributed by atoms with E-state index in [9.17, 15) is 24.0 Å². The molecule has 0 N–H and O–H groups in total. The predicted octanol–water partition coefficient (Wildman–Crippen LogP) is 7.01. The number of hydrogen-bond acceptors (Lipinski definition) is 15. The molecule has 0 heterocycles. The summed E-state index contributed by atoms with van der Waals surface area (Å²) < 4.78 is 42.4. The van der Waals surface area contributed by atoms with Crippen LogP contribution in [0.15, 0.2) is 157 Å². The van der Waals surface area contributed by atoms with E-state index in [2.05, 4.69) is 49.1 Å². The lowest BCUT2D eigenvalue weighted by molar-refractivity contribution is -0.146. The van der Waals surface area contributed by atoms with Gasteiger partial charge in [0.1, 0.15) is 11.5 Å². The first-order chi connectivity index (χ1) is 30.7. The third kappa shape index (κ3) is 12.0. The average Bonchev–Trinajstić information content (AvgIpc) is 3.63. The minimum Gasteiger partial charge on any atom is -0.462 e. The van der Waals surface area contributed by atoms with Gasteiger partial charge in [0.2, 0.25) is 20.4 Å². The van der Waals surface area contributed by atoms with E-state index in [-0.39, 0.29) is 65.4 Å². The zero-order valence-electron chi connectivity index (χ0n) is 33.9. The van der Waals surface area contributed by atoms with Crippen LogP contribution in [0, 0.1) is 23.7 Å². The molecule has 4 atom stereocenters. The summed E-state index contributed by atoms with van der Waals surface area (Å²) in [6.07, 6.45) is 21.5. The van der Waals surface area contributed by atoms with Crippen molar-refractivity contribution in [3.8, 4) is 23.0 Å². The Kier molecular flexibility index (Phi) is 15.5. The number of carbonyl (C=O) groups is 5. The van der Waals surface area contributed by atoms with Crippen molar-refractivity contribution in [3.63, 3.8) is 0 Å². The molecular weight excluding hydrogens is 813 g/mol. The van der Waals surface area contributed by atoms with Crippen LogP contribution in [0.2, 0.25) is 0 Å². The highest BCUT2D eigenvalue weighted by Crippen LogP contribution is 2.45. The summed E-state index contributed by atoms with van der Waals surface area (Å²) in [4.78, 5) is 60.9. The molecule has 0 bridgehead atoms. The lowest BCUT2D eigenvalue weighted by atomic mass is 9.83. The van der Waals surface area contributed by atoms with Crippen LogP contribution < -0.4 is 18.9 Å². The van der Waals surface area contributed by atoms with E-state index in [4.69, 9.17) is 43.0 Å². The number of carbonyl (C=O) groups excluding carboxylic acids is 5. The number of benzene rings is 3. The second-order valence-corrected chi connectivity index (χ2v) is 13.6. The molecule has 3 aromatic carbocycles. The highest BCUT2D eigenvalue weighted by Gasteiger charge is 2.44. The highest BCUT2D eigenvalue weighted by atomic mass is 16.7. The maximum Gasteiger partial charge on any atom is 0.343 e. The third-order valence-corrected chi connectivity index (χ3v) is 9.78. The van der Waals surface area contributed by atoms with Gasteiger partial charge in [-0.15, -0.1) is 0 Å². The van der Waals surface area contributed by atoms with Crippen molar-refractivity contribution in [2.75, 3.05) is 27.0 Å². The summed E-state index contributed by atoms with van der Waals surface area (Å²) in [7, 11) is 0. The van der Waals surface area contributed by atoms with Gasteiger partial charge in [0.05, 0.1) is 29.7 Å². The van der Waals surface area contributed by atoms with Crippen LogP contribution in [-0.4, -0.2) is 68.8 Å². The Morgan fingerprint density at radius 1 is 0.571 bits per heavy atom. The first-order valence-corrected chi connectivity index (χ1v) is 19.5. The summed E-state index contributed by atoms with van der Waals surface area (Å²) in [5.41, 5.74) is 2.37. The molecule has 6 rings (SSSR count). The Bertz CT molecular complexity index is 2390. The Hall–Kier alpha value is -8.07. The van der Waals surface area contributed by atoms with Gasteiger partial charge in [-0.3, -0.25) is 0 Å². The first-order valence-electron chi connectivity index (χ1n) is 19.5. The second kappa shape index (κ2) is 22.0. The van der Waals surface area contributed by atoms with Crippen molar-refractivity contribution < 1.29 is 61.9 Å². The van der Waals surface area contributed by atoms with Gasteiger partial charge >= 0.3 is 29.8 Å². The van der Waals surface area contributed by atoms with Gasteiger partial charge in [-0.2, -0.15) is 10.2 Å². The normalized spacial score (nSPS) is 17.7. The number of fused-ring (bicyclic) bond motifs is 3. The number of allylic oxidation sites excluding steroid dienone is 8. The van der Waals surface area contributed by atoms with Crippen molar-refractivity contribution in [2.45, 2.75) is 6.42 Å². The van der Waals surface area contributed by atoms with Crippen molar-refractivity contribution >= 4 is 41.8 Å². The van der Waals surface area contributed by atoms with Gasteiger partial charge in [-0.1, -0.05) is 74.4 Å². The van der Waals surface area contributed by atoms with Crippen LogP contribution >= 0.6 is 0 Å². The average molecular weight is 855 g/mol. The first kappa shape index (κ1) is 44.5. The van der Waals surface area contributed by atoms with Gasteiger partial charge in [-0.25, -0.2) is 24.0 Å². The van der Waals surface area contributed by atoms with E-state index < -0.39 is 43.4 Å². The molecule has 0 aromatic heterocycles. The van der Waals surface area contributed by atoms with Crippen molar-refractivity contribution in [3.05, 3.63) is 169 Å². The van der Waals surface area contributed by atoms with Crippen molar-refractivity contribution in [2.24, 2.45) is 33.9 Å². The van der Waals surface area contributed by atoms with Gasteiger partial charge in [0.15, 0.2) is 11.5 Å². The molecule has 1 saturated carbocycles. The monoisotopic (exact) mass is 854 g/mol. The molecule has 15 nitrogen and oxygen atoms in total. The van der Waals surface area contributed by atoms with Gasteiger partial charge in [0, 0.05) is 42.0 Å². The van der Waals surface area contributed by atoms with E-state index in [1.54, 1.807) is 30.3 Å². The second-order valence-electron chi connectivity index (χ2n) is 13.6. The Morgan fingerprint density at radius 2 is 1.13 bits per heavy atom. The van der Waals surface area contributed by atoms with Crippen LogP contribution in [-0.2, 0) is 39.8 Å². The lowest BCUT2D eigenvalue weighted by Gasteiger charge is -2.20. The maximum atomic E-state index is 13.7. The number of rotatable bonds is 20. The zero-order valence-corrected chi connectivity index (χ0v) is 33.9. The number of nitrogens with zero attached hydrogens (tertiary/aromatic N) is 2. The molecule has 0 radical (unpaired) electrons. The molecule has 3 aliphatic rings. The Balaban J connectivity index is 1.20. The summed E-state index contributed by atoms with van der Waals surface area (Å²) in [5.74, 6) is -2.25. The SMILES string of the molecule is C=CC(=O)OCOc1ccc(C(=O)OCCc2ccc(OC(=O)c3ccc(OCOC(=O)C=C)c(OCOC(=O)C=C)c3)c(/C=N/N=C3C4C=CC=CC4C4C=CC=CC34)c2)cc1. The van der Waals surface area contributed by atoms with Gasteiger partial charge in [0.25, 0.3) is 0 Å². The lowest BCUT2D eigenvalue weighted by Crippen LogP contribution is -2.15. The summed E-state index contributed by atoms with van der Waals surface area (Å²) in [5, 5.41) is 9.23. The largest absolute Gasteiger partial charge is 0.462 e. The van der Waals surface area contributed by atoms with Crippen LogP contribution in [0.1, 0.15) is 31.8 Å². The molecule has 0 aliphatic heterocycles. The van der Waals surface area contributed by atoms with Gasteiger partial charge < -0.3 is 37.9 Å². The van der Waals surface area contributed by atoms with Crippen LogP contribution in [0.4, 0.5) is 0 Å². The van der Waals surface area contributed by atoms with Crippen molar-refractivity contribution in [1.29, 1.82) is 0 Å². The third-order valence-electron chi connectivity index (χ3n) is 9.78. The molecule has 1 fully saturated rings. The molecule has 322 valence electrons. The molecule has 3 aliphatic carbocycles. The van der Waals surface area contributed by atoms with E-state index in [1.165, 1.54) is 36.5 Å². The molecule has 0 spiro atoms. The fourth-order valence-corrected chi connectivity index (χ4v) is 6.73. The minimum absolute atomic E-state index is 0.0184. The Morgan fingerprint density at radius 3 is 1.75 bits per heavy atom. The Labute approximate surface area is 362 Å². The summed E-state index contributed by atoms with van der Waals surface area (Å²) in [6.45, 7) is 8.65. The van der Waals surface area contributed by atoms with Crippen LogP contribution in [0.5, 0.6) is 23.0 Å². The van der Waals surface area contributed by atoms with E-state index in [0.717, 1.165) is 29.5 Å². The number of hydrogen-bond donors (Lipinski definition) is 0. The van der Waals surface area contributed by atoms with E-state index in [1.807, 2.05) is 24.3 Å². The molecule has 4 unspecified atom stereocenters. The summed E-state index contributed by atoms with van der Waals surface area (Å²) in [6, 6.07) is 15.3. The maximum absolute atomic E-state index is 13.7. The molecule has 0 amide bonds. The predicted molar refractivity (Wildman–Crippen MR) is 229 cm³/mol. The van der Waals surface area contributed by atoms with Gasteiger partial charge in [-0.05, 0) is 72.0 Å². The zero-order chi connectivity index (χ0) is 44.6. The molecule has 63 heavy (non-hydrogen) atoms. The fraction of sp³-hybridized carbons (Fsp3) is 0.188. The topological polar surface area (TPSA) is 184 Å². The van der Waals surface area contributed by atoms with Crippen LogP contribution in [0.25, 0.3) is 0 Å². The number of ether oxygens (including phenoxy) is 8. The summed E-state index contributed by atoms with van der Waals surface area (Å²) >= 11 is 0. The quantitative estimate of drug-likeness (QED) is 0.0215. The smallest absolute Gasteiger partial charge is 0.343 e. The standard InChI is InChI=1S/C48H42N2O13/c1-4-43(51)60-28-57-35-19-16-32(17-20-35)47(54)56-24-23-31-15-21-40(34(25-31)27-49-50-46-38-13-9-7-11-36(38)37-12-8-10-14-39(37)46)63-48(55)33-18-22-41(58-29-61-44(52)5-2)42(26-33)59-30-62-45(53)6-3/h4-22,25-27,36-39H,1-3,23-24,28-30H2/b49-27+,50-46?. The molecule has 3 aromatic rings. The van der Waals surface area contributed by atoms with E-state index in [0.29, 0.717) is 17.7 Å². The molecule has 0 saturated heterocycles. The number of esters is 5. The van der Waals surface area contributed by atoms with Crippen LogP contribution in [0.3, 0.4) is 0 Å². The fourth-order valence-electron chi connectivity index (χ4n) is 6.73. The molecular formula is C48H42N2O13. The van der Waals surface area contributed by atoms with Crippen molar-refractivity contribution in [1.82, 2.24) is 0 Å². The van der Waals surface area contributed by atoms with E-state index >= 15 is 0 Å². The minimum atomic E-state index is -0.788.